The second-order valence-electron chi connectivity index (χ2n) is 3.76. The average Bonchev–Trinajstić information content (AvgIpc) is 2.59. The van der Waals surface area contributed by atoms with Crippen molar-refractivity contribution in [3.05, 3.63) is 36.6 Å². The molecule has 0 spiro atoms. The summed E-state index contributed by atoms with van der Waals surface area (Å²) in [6, 6.07) is 7.35. The molecular weight excluding hydrogens is 190 g/mol. The Hall–Kier alpha value is -1.64. The Labute approximate surface area is 88.1 Å². The number of Topliss-reactive ketones (excluding diaryl/α,β-unsaturated/α-hetero) is 1. The Morgan fingerprint density at radius 1 is 1.40 bits per heavy atom. The fourth-order valence-electron chi connectivity index (χ4n) is 1.35. The highest BCUT2D eigenvalue weighted by Gasteiger charge is 2.15. The third kappa shape index (κ3) is 2.06. The molecule has 1 aromatic heterocycles. The molecule has 0 fully saturated rings. The van der Waals surface area contributed by atoms with Crippen molar-refractivity contribution in [2.45, 2.75) is 13.8 Å². The van der Waals surface area contributed by atoms with Gasteiger partial charge in [0.25, 0.3) is 5.89 Å². The third-order valence-corrected chi connectivity index (χ3v) is 1.99. The third-order valence-electron chi connectivity index (χ3n) is 1.99. The van der Waals surface area contributed by atoms with Crippen LogP contribution in [0.15, 0.2) is 28.7 Å². The summed E-state index contributed by atoms with van der Waals surface area (Å²) in [5.41, 5.74) is 1.37. The number of fused-ring (bicyclic) bond motifs is 1. The quantitative estimate of drug-likeness (QED) is 0.719. The number of rotatable bonds is 3. The number of ketones is 1. The van der Waals surface area contributed by atoms with Gasteiger partial charge in [0.05, 0.1) is 0 Å². The molecule has 2 rings (SSSR count). The SMILES string of the molecule is CC(C)[CH]C(=O)c1nc2ccccc2o1. The first-order chi connectivity index (χ1) is 7.16. The lowest BCUT2D eigenvalue weighted by Crippen LogP contribution is -2.04. The van der Waals surface area contributed by atoms with Crippen LogP contribution < -0.4 is 0 Å². The molecule has 2 aromatic rings. The Morgan fingerprint density at radius 3 is 2.80 bits per heavy atom. The van der Waals surface area contributed by atoms with Gasteiger partial charge in [0, 0.05) is 6.42 Å². The highest BCUT2D eigenvalue weighted by atomic mass is 16.4. The van der Waals surface area contributed by atoms with E-state index in [4.69, 9.17) is 4.42 Å². The molecule has 0 atom stereocenters. The maximum atomic E-state index is 11.6. The van der Waals surface area contributed by atoms with E-state index in [1.807, 2.05) is 32.0 Å². The van der Waals surface area contributed by atoms with Crippen LogP contribution in [-0.2, 0) is 0 Å². The van der Waals surface area contributed by atoms with Crippen LogP contribution in [0.2, 0.25) is 0 Å². The average molecular weight is 202 g/mol. The molecule has 0 amide bonds. The molecule has 1 radical (unpaired) electrons. The molecule has 0 N–H and O–H groups in total. The second kappa shape index (κ2) is 3.85. The predicted molar refractivity (Wildman–Crippen MR) is 57.5 cm³/mol. The number of carbonyl (C=O) groups excluding carboxylic acids is 1. The largest absolute Gasteiger partial charge is 0.434 e. The van der Waals surface area contributed by atoms with Crippen LogP contribution in [0.5, 0.6) is 0 Å². The molecular formula is C12H12NO2. The van der Waals surface area contributed by atoms with Crippen LogP contribution >= 0.6 is 0 Å². The lowest BCUT2D eigenvalue weighted by atomic mass is 10.1. The van der Waals surface area contributed by atoms with E-state index in [2.05, 4.69) is 4.98 Å². The van der Waals surface area contributed by atoms with Gasteiger partial charge in [0.1, 0.15) is 5.52 Å². The van der Waals surface area contributed by atoms with E-state index < -0.39 is 0 Å². The van der Waals surface area contributed by atoms with Gasteiger partial charge >= 0.3 is 0 Å². The van der Waals surface area contributed by atoms with Gasteiger partial charge in [-0.3, -0.25) is 4.79 Å². The molecule has 77 valence electrons. The maximum Gasteiger partial charge on any atom is 0.264 e. The van der Waals surface area contributed by atoms with E-state index in [1.165, 1.54) is 0 Å². The smallest absolute Gasteiger partial charge is 0.264 e. The van der Waals surface area contributed by atoms with E-state index in [0.29, 0.717) is 5.58 Å². The number of aromatic nitrogens is 1. The summed E-state index contributed by atoms with van der Waals surface area (Å²) in [4.78, 5) is 15.7. The zero-order valence-corrected chi connectivity index (χ0v) is 8.73. The van der Waals surface area contributed by atoms with E-state index >= 15 is 0 Å². The van der Waals surface area contributed by atoms with E-state index in [9.17, 15) is 4.79 Å². The second-order valence-corrected chi connectivity index (χ2v) is 3.76. The minimum Gasteiger partial charge on any atom is -0.434 e. The Bertz CT molecular complexity index is 452. The molecule has 0 aliphatic heterocycles. The fourth-order valence-corrected chi connectivity index (χ4v) is 1.35. The van der Waals surface area contributed by atoms with Crippen LogP contribution in [-0.4, -0.2) is 10.8 Å². The number of para-hydroxylation sites is 2. The molecule has 0 aliphatic rings. The van der Waals surface area contributed by atoms with E-state index in [0.717, 1.165) is 5.52 Å². The van der Waals surface area contributed by atoms with Crippen molar-refractivity contribution in [1.82, 2.24) is 4.98 Å². The van der Waals surface area contributed by atoms with Gasteiger partial charge < -0.3 is 4.42 Å². The highest BCUT2D eigenvalue weighted by molar-refractivity contribution is 6.00. The fraction of sp³-hybridized carbons (Fsp3) is 0.250. The van der Waals surface area contributed by atoms with Crippen LogP contribution in [0.4, 0.5) is 0 Å². The lowest BCUT2D eigenvalue weighted by Gasteiger charge is -1.97. The summed E-state index contributed by atoms with van der Waals surface area (Å²) in [5.74, 6) is 0.221. The molecule has 3 heteroatoms. The van der Waals surface area contributed by atoms with Crippen LogP contribution in [0, 0.1) is 12.3 Å². The van der Waals surface area contributed by atoms with Gasteiger partial charge in [-0.2, -0.15) is 0 Å². The lowest BCUT2D eigenvalue weighted by molar-refractivity contribution is 0.0986. The van der Waals surface area contributed by atoms with Crippen molar-refractivity contribution in [2.75, 3.05) is 0 Å². The molecule has 1 aromatic carbocycles. The zero-order chi connectivity index (χ0) is 10.8. The van der Waals surface area contributed by atoms with Gasteiger partial charge in [0.15, 0.2) is 5.58 Å². The minimum atomic E-state index is -0.152. The summed E-state index contributed by atoms with van der Waals surface area (Å²) in [6.07, 6.45) is 1.60. The van der Waals surface area contributed by atoms with Crippen molar-refractivity contribution in [1.29, 1.82) is 0 Å². The normalized spacial score (nSPS) is 11.1. The molecule has 0 saturated heterocycles. The summed E-state index contributed by atoms with van der Waals surface area (Å²) in [7, 11) is 0. The zero-order valence-electron chi connectivity index (χ0n) is 8.73. The summed E-state index contributed by atoms with van der Waals surface area (Å²) < 4.78 is 5.34. The van der Waals surface area contributed by atoms with Gasteiger partial charge in [0.2, 0.25) is 5.78 Å². The van der Waals surface area contributed by atoms with Crippen molar-refractivity contribution in [3.63, 3.8) is 0 Å². The van der Waals surface area contributed by atoms with Gasteiger partial charge in [-0.05, 0) is 18.1 Å². The maximum absolute atomic E-state index is 11.6. The van der Waals surface area contributed by atoms with Crippen LogP contribution in [0.25, 0.3) is 11.1 Å². The van der Waals surface area contributed by atoms with Gasteiger partial charge in [-0.25, -0.2) is 4.98 Å². The molecule has 0 aliphatic carbocycles. The monoisotopic (exact) mass is 202 g/mol. The van der Waals surface area contributed by atoms with Gasteiger partial charge in [-0.15, -0.1) is 0 Å². The number of benzene rings is 1. The Kier molecular flexibility index (Phi) is 2.54. The van der Waals surface area contributed by atoms with E-state index in [-0.39, 0.29) is 17.6 Å². The van der Waals surface area contributed by atoms with Crippen molar-refractivity contribution >= 4 is 16.9 Å². The number of oxazole rings is 1. The van der Waals surface area contributed by atoms with Crippen molar-refractivity contribution < 1.29 is 9.21 Å². The Balaban J connectivity index is 2.32. The molecule has 1 heterocycles. The summed E-state index contributed by atoms with van der Waals surface area (Å²) >= 11 is 0. The van der Waals surface area contributed by atoms with Crippen molar-refractivity contribution in [2.24, 2.45) is 5.92 Å². The first-order valence-corrected chi connectivity index (χ1v) is 4.91. The minimum absolute atomic E-state index is 0.152. The molecule has 0 unspecified atom stereocenters. The predicted octanol–water partition coefficient (Wildman–Crippen LogP) is 2.87. The first-order valence-electron chi connectivity index (χ1n) is 4.91. The van der Waals surface area contributed by atoms with Crippen LogP contribution in [0.3, 0.4) is 0 Å². The number of hydrogen-bond acceptors (Lipinski definition) is 3. The molecule has 3 nitrogen and oxygen atoms in total. The number of carbonyl (C=O) groups is 1. The summed E-state index contributed by atoms with van der Waals surface area (Å²) in [6.45, 7) is 3.89. The van der Waals surface area contributed by atoms with Gasteiger partial charge in [-0.1, -0.05) is 26.0 Å². The summed E-state index contributed by atoms with van der Waals surface area (Å²) in [5, 5.41) is 0. The van der Waals surface area contributed by atoms with Crippen LogP contribution in [0.1, 0.15) is 24.5 Å². The topological polar surface area (TPSA) is 43.1 Å². The number of hydrogen-bond donors (Lipinski definition) is 0. The van der Waals surface area contributed by atoms with E-state index in [1.54, 1.807) is 12.5 Å². The highest BCUT2D eigenvalue weighted by Crippen LogP contribution is 2.16. The molecule has 0 bridgehead atoms. The molecule has 15 heavy (non-hydrogen) atoms. The Morgan fingerprint density at radius 2 is 2.13 bits per heavy atom. The number of nitrogens with zero attached hydrogens (tertiary/aromatic N) is 1. The first kappa shape index (κ1) is 9.90. The standard InChI is InChI=1S/C12H12NO2/c1-8(2)7-10(14)12-13-9-5-3-4-6-11(9)15-12/h3-8H,1-2H3. The van der Waals surface area contributed by atoms with Crippen molar-refractivity contribution in [3.8, 4) is 0 Å². The molecule has 0 saturated carbocycles.